The van der Waals surface area contributed by atoms with Crippen LogP contribution < -0.4 is 0 Å². The van der Waals surface area contributed by atoms with Gasteiger partial charge >= 0.3 is 0 Å². The summed E-state index contributed by atoms with van der Waals surface area (Å²) in [6.07, 6.45) is 2.89. The molecule has 0 aromatic heterocycles. The quantitative estimate of drug-likeness (QED) is 0.530. The van der Waals surface area contributed by atoms with Gasteiger partial charge in [-0.05, 0) is 24.5 Å². The largest absolute Gasteiger partial charge is 0.368 e. The second-order valence-corrected chi connectivity index (χ2v) is 6.40. The molecule has 2 atom stereocenters. The van der Waals surface area contributed by atoms with Crippen molar-refractivity contribution in [3.05, 3.63) is 84.4 Å². The van der Waals surface area contributed by atoms with Gasteiger partial charge in [0, 0.05) is 19.1 Å². The van der Waals surface area contributed by atoms with Crippen LogP contribution in [-0.2, 0) is 17.8 Å². The van der Waals surface area contributed by atoms with Crippen LogP contribution in [0.5, 0.6) is 0 Å². The van der Waals surface area contributed by atoms with Crippen molar-refractivity contribution >= 4 is 0 Å². The molecule has 1 heterocycles. The number of nitrogens with zero attached hydrogens (tertiary/aromatic N) is 1. The van der Waals surface area contributed by atoms with Gasteiger partial charge < -0.3 is 4.74 Å². The molecule has 23 heavy (non-hydrogen) atoms. The molecule has 0 unspecified atom stereocenters. The lowest BCUT2D eigenvalue weighted by Gasteiger charge is -2.33. The Kier molecular flexibility index (Phi) is 4.94. The monoisotopic (exact) mass is 307 g/mol. The van der Waals surface area contributed by atoms with Crippen LogP contribution in [0.3, 0.4) is 0 Å². The molecule has 0 spiro atoms. The Labute approximate surface area is 139 Å². The minimum Gasteiger partial charge on any atom is -0.368 e. The van der Waals surface area contributed by atoms with Crippen LogP contribution in [0.4, 0.5) is 0 Å². The van der Waals surface area contributed by atoms with Gasteiger partial charge in [-0.2, -0.15) is 0 Å². The average Bonchev–Trinajstić information content (AvgIpc) is 3.37. The van der Waals surface area contributed by atoms with E-state index in [1.807, 2.05) is 6.08 Å². The molecule has 2 heteroatoms. The van der Waals surface area contributed by atoms with E-state index in [9.17, 15) is 0 Å². The first-order valence-electron chi connectivity index (χ1n) is 8.30. The summed E-state index contributed by atoms with van der Waals surface area (Å²) in [5, 5.41) is 0. The molecule has 0 saturated carbocycles. The average molecular weight is 307 g/mol. The summed E-state index contributed by atoms with van der Waals surface area (Å²) in [5.74, 6) is 0. The molecule has 1 fully saturated rings. The van der Waals surface area contributed by atoms with E-state index in [1.165, 1.54) is 11.1 Å². The van der Waals surface area contributed by atoms with Gasteiger partial charge in [-0.1, -0.05) is 66.7 Å². The fraction of sp³-hybridized carbons (Fsp3) is 0.333. The van der Waals surface area contributed by atoms with Gasteiger partial charge in [0.25, 0.3) is 0 Å². The van der Waals surface area contributed by atoms with Crippen LogP contribution in [0.15, 0.2) is 73.3 Å². The number of benzene rings is 2. The molecule has 1 aliphatic rings. The molecular formula is C21H25NO. The summed E-state index contributed by atoms with van der Waals surface area (Å²) in [5.41, 5.74) is 2.63. The second kappa shape index (κ2) is 7.12. The van der Waals surface area contributed by atoms with Gasteiger partial charge in [0.1, 0.15) is 5.60 Å². The lowest BCUT2D eigenvalue weighted by atomic mass is 9.95. The summed E-state index contributed by atoms with van der Waals surface area (Å²) in [6, 6.07) is 21.7. The predicted molar refractivity (Wildman–Crippen MR) is 95.1 cm³/mol. The Hall–Kier alpha value is -1.90. The first-order chi connectivity index (χ1) is 11.2. The van der Waals surface area contributed by atoms with Crippen LogP contribution in [0, 0.1) is 0 Å². The Bertz CT molecular complexity index is 577. The van der Waals surface area contributed by atoms with E-state index < -0.39 is 0 Å². The van der Waals surface area contributed by atoms with Gasteiger partial charge in [0.15, 0.2) is 0 Å². The smallest absolute Gasteiger partial charge is 0.110 e. The standard InChI is InChI=1S/C21H25NO/c1-3-14-21(17-23-21)18(2)22(15-19-10-6-4-7-11-19)16-20-12-8-5-9-13-20/h3-13,18H,1,14-17H2,2H3/t18-,21-/m0/s1. The molecule has 0 N–H and O–H groups in total. The SMILES string of the molecule is C=CC[C@@]1([C@H](C)N(Cc2ccccc2)Cc2ccccc2)CO1. The van der Waals surface area contributed by atoms with Crippen molar-refractivity contribution in [3.63, 3.8) is 0 Å². The zero-order valence-corrected chi connectivity index (χ0v) is 13.8. The van der Waals surface area contributed by atoms with Crippen LogP contribution in [0.1, 0.15) is 24.5 Å². The molecule has 0 aliphatic carbocycles. The second-order valence-electron chi connectivity index (χ2n) is 6.40. The minimum absolute atomic E-state index is 0.0503. The van der Waals surface area contributed by atoms with Crippen molar-refractivity contribution < 1.29 is 4.74 Å². The van der Waals surface area contributed by atoms with Crippen LogP contribution in [0.25, 0.3) is 0 Å². The normalized spacial score (nSPS) is 21.1. The first kappa shape index (κ1) is 16.0. The highest BCUT2D eigenvalue weighted by Crippen LogP contribution is 2.38. The highest BCUT2D eigenvalue weighted by atomic mass is 16.6. The Morgan fingerprint density at radius 3 is 1.91 bits per heavy atom. The number of epoxide rings is 1. The molecule has 2 aromatic carbocycles. The van der Waals surface area contributed by atoms with E-state index >= 15 is 0 Å². The Morgan fingerprint density at radius 2 is 1.52 bits per heavy atom. The van der Waals surface area contributed by atoms with Gasteiger partial charge in [0.2, 0.25) is 0 Å². The molecule has 3 rings (SSSR count). The van der Waals surface area contributed by atoms with Crippen LogP contribution in [-0.4, -0.2) is 23.1 Å². The first-order valence-corrected chi connectivity index (χ1v) is 8.30. The molecule has 1 saturated heterocycles. The van der Waals surface area contributed by atoms with Gasteiger partial charge in [-0.25, -0.2) is 0 Å². The zero-order chi connectivity index (χ0) is 16.1. The third kappa shape index (κ3) is 3.90. The molecule has 0 amide bonds. The molecule has 2 aromatic rings. The summed E-state index contributed by atoms with van der Waals surface area (Å²) in [4.78, 5) is 2.52. The van der Waals surface area contributed by atoms with Gasteiger partial charge in [0.05, 0.1) is 6.61 Å². The van der Waals surface area contributed by atoms with E-state index in [0.717, 1.165) is 26.1 Å². The van der Waals surface area contributed by atoms with Crippen molar-refractivity contribution in [2.45, 2.75) is 38.1 Å². The summed E-state index contributed by atoms with van der Waals surface area (Å²) in [6.45, 7) is 8.87. The molecule has 120 valence electrons. The summed E-state index contributed by atoms with van der Waals surface area (Å²) in [7, 11) is 0. The van der Waals surface area contributed by atoms with Crippen molar-refractivity contribution in [1.29, 1.82) is 0 Å². The maximum Gasteiger partial charge on any atom is 0.110 e. The zero-order valence-electron chi connectivity index (χ0n) is 13.8. The van der Waals surface area contributed by atoms with E-state index in [-0.39, 0.29) is 5.60 Å². The van der Waals surface area contributed by atoms with Crippen molar-refractivity contribution in [2.75, 3.05) is 6.61 Å². The third-order valence-electron chi connectivity index (χ3n) is 4.77. The lowest BCUT2D eigenvalue weighted by molar-refractivity contribution is 0.106. The van der Waals surface area contributed by atoms with E-state index in [4.69, 9.17) is 4.74 Å². The summed E-state index contributed by atoms with van der Waals surface area (Å²) < 4.78 is 5.84. The van der Waals surface area contributed by atoms with Crippen LogP contribution >= 0.6 is 0 Å². The maximum absolute atomic E-state index is 5.84. The highest BCUT2D eigenvalue weighted by Gasteiger charge is 2.50. The maximum atomic E-state index is 5.84. The molecular weight excluding hydrogens is 282 g/mol. The minimum atomic E-state index is -0.0503. The van der Waals surface area contributed by atoms with Crippen molar-refractivity contribution in [2.24, 2.45) is 0 Å². The number of rotatable bonds is 8. The van der Waals surface area contributed by atoms with Gasteiger partial charge in [-0.15, -0.1) is 6.58 Å². The summed E-state index contributed by atoms with van der Waals surface area (Å²) >= 11 is 0. The van der Waals surface area contributed by atoms with Crippen LogP contribution in [0.2, 0.25) is 0 Å². The molecule has 0 radical (unpaired) electrons. The van der Waals surface area contributed by atoms with E-state index in [1.54, 1.807) is 0 Å². The molecule has 2 nitrogen and oxygen atoms in total. The third-order valence-corrected chi connectivity index (χ3v) is 4.77. The predicted octanol–water partition coefficient (Wildman–Crippen LogP) is 4.42. The van der Waals surface area contributed by atoms with E-state index in [0.29, 0.717) is 6.04 Å². The Balaban J connectivity index is 1.79. The fourth-order valence-corrected chi connectivity index (χ4v) is 3.16. The van der Waals surface area contributed by atoms with Gasteiger partial charge in [-0.3, -0.25) is 4.90 Å². The fourth-order valence-electron chi connectivity index (χ4n) is 3.16. The molecule has 0 bridgehead atoms. The number of ether oxygens (including phenoxy) is 1. The molecule has 1 aliphatic heterocycles. The highest BCUT2D eigenvalue weighted by molar-refractivity contribution is 5.18. The van der Waals surface area contributed by atoms with Crippen molar-refractivity contribution in [1.82, 2.24) is 4.90 Å². The Morgan fingerprint density at radius 1 is 1.04 bits per heavy atom. The number of hydrogen-bond acceptors (Lipinski definition) is 2. The van der Waals surface area contributed by atoms with Crippen molar-refractivity contribution in [3.8, 4) is 0 Å². The van der Waals surface area contributed by atoms with E-state index in [2.05, 4.69) is 79.1 Å². The number of hydrogen-bond donors (Lipinski definition) is 0. The lowest BCUT2D eigenvalue weighted by Crippen LogP contribution is -2.43. The topological polar surface area (TPSA) is 15.8 Å².